The molecule has 2 atom stereocenters. The Labute approximate surface area is 136 Å². The van der Waals surface area contributed by atoms with E-state index >= 15 is 0 Å². The molecule has 134 valence electrons. The first-order chi connectivity index (χ1) is 11.1. The largest absolute Gasteiger partial charge is 0.467 e. The smallest absolute Gasteiger partial charge is 0.417 e. The predicted octanol–water partition coefficient (Wildman–Crippen LogP) is 1.57. The monoisotopic (exact) mass is 348 g/mol. The molecule has 0 bridgehead atoms. The second kappa shape index (κ2) is 7.98. The third-order valence-corrected chi connectivity index (χ3v) is 3.61. The third kappa shape index (κ3) is 5.10. The van der Waals surface area contributed by atoms with Crippen molar-refractivity contribution in [1.82, 2.24) is 9.88 Å². The van der Waals surface area contributed by atoms with Gasteiger partial charge in [0.1, 0.15) is 12.6 Å². The van der Waals surface area contributed by atoms with E-state index in [0.29, 0.717) is 23.3 Å². The molecule has 0 aromatic carbocycles. The van der Waals surface area contributed by atoms with Crippen molar-refractivity contribution in [3.05, 3.63) is 34.2 Å². The van der Waals surface area contributed by atoms with Crippen molar-refractivity contribution in [2.75, 3.05) is 7.11 Å². The highest BCUT2D eigenvalue weighted by molar-refractivity contribution is 5.84. The molecule has 0 saturated heterocycles. The normalized spacial score (nSPS) is 13.9. The summed E-state index contributed by atoms with van der Waals surface area (Å²) in [7, 11) is 1.17. The van der Waals surface area contributed by atoms with Gasteiger partial charge in [0.15, 0.2) is 0 Å². The molecule has 24 heavy (non-hydrogen) atoms. The zero-order valence-corrected chi connectivity index (χ0v) is 13.5. The molecule has 2 unspecified atom stereocenters. The van der Waals surface area contributed by atoms with Gasteiger partial charge < -0.3 is 14.6 Å². The van der Waals surface area contributed by atoms with Crippen molar-refractivity contribution in [2.45, 2.75) is 39.0 Å². The van der Waals surface area contributed by atoms with Gasteiger partial charge in [0, 0.05) is 12.3 Å². The van der Waals surface area contributed by atoms with Gasteiger partial charge in [0.05, 0.1) is 12.7 Å². The highest BCUT2D eigenvalue weighted by Crippen LogP contribution is 2.27. The zero-order chi connectivity index (χ0) is 18.5. The van der Waals surface area contributed by atoms with Gasteiger partial charge in [0.25, 0.3) is 5.56 Å². The summed E-state index contributed by atoms with van der Waals surface area (Å²) in [5, 5.41) is 2.40. The van der Waals surface area contributed by atoms with Gasteiger partial charge in [-0.3, -0.25) is 9.59 Å². The SMILES string of the molecule is CCC(C)C(NC(=O)Cn1cc(C(F)(F)F)ccc1=O)C(=O)OC. The highest BCUT2D eigenvalue weighted by atomic mass is 19.4. The van der Waals surface area contributed by atoms with Crippen molar-refractivity contribution < 1.29 is 27.5 Å². The lowest BCUT2D eigenvalue weighted by molar-refractivity contribution is -0.146. The van der Waals surface area contributed by atoms with E-state index in [2.05, 4.69) is 10.1 Å². The van der Waals surface area contributed by atoms with Gasteiger partial charge in [-0.15, -0.1) is 0 Å². The number of amides is 1. The molecular weight excluding hydrogens is 329 g/mol. The van der Waals surface area contributed by atoms with Gasteiger partial charge in [0.2, 0.25) is 5.91 Å². The van der Waals surface area contributed by atoms with Crippen molar-refractivity contribution in [2.24, 2.45) is 5.92 Å². The van der Waals surface area contributed by atoms with Crippen molar-refractivity contribution in [3.8, 4) is 0 Å². The summed E-state index contributed by atoms with van der Waals surface area (Å²) < 4.78 is 43.3. The Morgan fingerprint density at radius 2 is 1.96 bits per heavy atom. The van der Waals surface area contributed by atoms with Crippen LogP contribution in [0.4, 0.5) is 13.2 Å². The summed E-state index contributed by atoms with van der Waals surface area (Å²) in [6, 6.07) is 0.449. The predicted molar refractivity (Wildman–Crippen MR) is 79.1 cm³/mol. The molecule has 0 fully saturated rings. The fraction of sp³-hybridized carbons (Fsp3) is 0.533. The first kappa shape index (κ1) is 19.7. The molecule has 0 aliphatic heterocycles. The number of aromatic nitrogens is 1. The van der Waals surface area contributed by atoms with Crippen molar-refractivity contribution in [1.29, 1.82) is 0 Å². The number of ether oxygens (including phenoxy) is 1. The Morgan fingerprint density at radius 3 is 2.46 bits per heavy atom. The Hall–Kier alpha value is -2.32. The summed E-state index contributed by atoms with van der Waals surface area (Å²) in [6.07, 6.45) is -3.49. The van der Waals surface area contributed by atoms with Gasteiger partial charge in [-0.05, 0) is 12.0 Å². The minimum atomic E-state index is -4.63. The molecule has 1 heterocycles. The number of hydrogen-bond donors (Lipinski definition) is 1. The minimum absolute atomic E-state index is 0.236. The van der Waals surface area contributed by atoms with Gasteiger partial charge in [-0.1, -0.05) is 20.3 Å². The summed E-state index contributed by atoms with van der Waals surface area (Å²) in [5.41, 5.74) is -1.79. The number of halogens is 3. The number of methoxy groups -OCH3 is 1. The number of carbonyl (C=O) groups excluding carboxylic acids is 2. The molecule has 0 spiro atoms. The quantitative estimate of drug-likeness (QED) is 0.792. The molecule has 1 rings (SSSR count). The Kier molecular flexibility index (Phi) is 6.56. The lowest BCUT2D eigenvalue weighted by Crippen LogP contribution is -2.47. The number of alkyl halides is 3. The number of hydrogen-bond acceptors (Lipinski definition) is 4. The van der Waals surface area contributed by atoms with Gasteiger partial charge >= 0.3 is 12.1 Å². The maximum absolute atomic E-state index is 12.7. The molecule has 9 heteroatoms. The van der Waals surface area contributed by atoms with E-state index in [1.54, 1.807) is 6.92 Å². The topological polar surface area (TPSA) is 77.4 Å². The molecule has 0 radical (unpaired) electrons. The van der Waals surface area contributed by atoms with Gasteiger partial charge in [-0.25, -0.2) is 4.79 Å². The first-order valence-corrected chi connectivity index (χ1v) is 7.25. The minimum Gasteiger partial charge on any atom is -0.467 e. The standard InChI is InChI=1S/C15H19F3N2O4/c1-4-9(2)13(14(23)24-3)19-11(21)8-20-7-10(15(16,17)18)5-6-12(20)22/h5-7,9,13H,4,8H2,1-3H3,(H,19,21). The van der Waals surface area contributed by atoms with E-state index in [1.165, 1.54) is 7.11 Å². The maximum atomic E-state index is 12.7. The Balaban J connectivity index is 2.94. The van der Waals surface area contributed by atoms with E-state index < -0.39 is 41.8 Å². The van der Waals surface area contributed by atoms with Crippen LogP contribution in [0.5, 0.6) is 0 Å². The van der Waals surface area contributed by atoms with E-state index in [-0.39, 0.29) is 5.92 Å². The summed E-state index contributed by atoms with van der Waals surface area (Å²) in [4.78, 5) is 35.3. The number of esters is 1. The van der Waals surface area contributed by atoms with Crippen LogP contribution in [0.15, 0.2) is 23.1 Å². The number of pyridine rings is 1. The zero-order valence-electron chi connectivity index (χ0n) is 13.5. The van der Waals surface area contributed by atoms with Gasteiger partial charge in [-0.2, -0.15) is 13.2 Å². The second-order valence-corrected chi connectivity index (χ2v) is 5.34. The van der Waals surface area contributed by atoms with Crippen molar-refractivity contribution in [3.63, 3.8) is 0 Å². The molecule has 1 aromatic heterocycles. The van der Waals surface area contributed by atoms with Crippen LogP contribution in [0.2, 0.25) is 0 Å². The molecule has 6 nitrogen and oxygen atoms in total. The van der Waals surface area contributed by atoms with Crippen LogP contribution in [0, 0.1) is 5.92 Å². The number of carbonyl (C=O) groups is 2. The fourth-order valence-electron chi connectivity index (χ4n) is 1.99. The van der Waals surface area contributed by atoms with Crippen LogP contribution in [0.25, 0.3) is 0 Å². The first-order valence-electron chi connectivity index (χ1n) is 7.25. The molecule has 0 saturated carbocycles. The molecule has 0 aliphatic carbocycles. The maximum Gasteiger partial charge on any atom is 0.417 e. The molecule has 0 aliphatic rings. The Bertz CT molecular complexity index is 655. The Morgan fingerprint density at radius 1 is 1.33 bits per heavy atom. The van der Waals surface area contributed by atoms with E-state index in [0.717, 1.165) is 6.07 Å². The van der Waals surface area contributed by atoms with E-state index in [4.69, 9.17) is 0 Å². The average molecular weight is 348 g/mol. The lowest BCUT2D eigenvalue weighted by Gasteiger charge is -2.22. The summed E-state index contributed by atoms with van der Waals surface area (Å²) in [6.45, 7) is 2.90. The molecule has 1 amide bonds. The van der Waals surface area contributed by atoms with Crippen LogP contribution in [-0.2, 0) is 27.0 Å². The molecular formula is C15H19F3N2O4. The molecule has 1 N–H and O–H groups in total. The summed E-state index contributed by atoms with van der Waals surface area (Å²) >= 11 is 0. The van der Waals surface area contributed by atoms with E-state index in [9.17, 15) is 27.6 Å². The van der Waals surface area contributed by atoms with Crippen molar-refractivity contribution >= 4 is 11.9 Å². The highest BCUT2D eigenvalue weighted by Gasteiger charge is 2.31. The van der Waals surface area contributed by atoms with E-state index in [1.807, 2.05) is 6.92 Å². The van der Waals surface area contributed by atoms with Crippen LogP contribution in [-0.4, -0.2) is 29.6 Å². The number of nitrogens with zero attached hydrogens (tertiary/aromatic N) is 1. The second-order valence-electron chi connectivity index (χ2n) is 5.34. The number of rotatable bonds is 6. The van der Waals surface area contributed by atoms with Crippen LogP contribution in [0.1, 0.15) is 25.8 Å². The fourth-order valence-corrected chi connectivity index (χ4v) is 1.99. The summed E-state index contributed by atoms with van der Waals surface area (Å²) in [5.74, 6) is -1.65. The average Bonchev–Trinajstić information content (AvgIpc) is 2.52. The van der Waals surface area contributed by atoms with Crippen LogP contribution in [0.3, 0.4) is 0 Å². The van der Waals surface area contributed by atoms with Crippen LogP contribution < -0.4 is 10.9 Å². The van der Waals surface area contributed by atoms with Crippen LogP contribution >= 0.6 is 0 Å². The lowest BCUT2D eigenvalue weighted by atomic mass is 9.99. The molecule has 1 aromatic rings. The third-order valence-electron chi connectivity index (χ3n) is 3.61. The number of nitrogens with one attached hydrogen (secondary N) is 1.